The molecule has 0 radical (unpaired) electrons. The predicted molar refractivity (Wildman–Crippen MR) is 48.3 cm³/mol. The summed E-state index contributed by atoms with van der Waals surface area (Å²) in [5.41, 5.74) is 0. The van der Waals surface area contributed by atoms with Crippen molar-refractivity contribution >= 4 is 0 Å². The maximum absolute atomic E-state index is 9.02. The second-order valence-corrected chi connectivity index (χ2v) is 4.35. The molecule has 0 aromatic heterocycles. The molecule has 2 aliphatic rings. The fourth-order valence-corrected chi connectivity index (χ4v) is 3.26. The van der Waals surface area contributed by atoms with Gasteiger partial charge in [-0.3, -0.25) is 0 Å². The molecule has 2 saturated carbocycles. The molecule has 0 heterocycles. The van der Waals surface area contributed by atoms with Crippen molar-refractivity contribution in [2.45, 2.75) is 32.1 Å². The van der Waals surface area contributed by atoms with Gasteiger partial charge in [0, 0.05) is 6.42 Å². The molecule has 2 bridgehead atoms. The van der Waals surface area contributed by atoms with E-state index in [4.69, 9.17) is 10.5 Å². The second kappa shape index (κ2) is 3.38. The summed E-state index contributed by atoms with van der Waals surface area (Å²) in [4.78, 5) is 0. The quantitative estimate of drug-likeness (QED) is 0.645. The maximum Gasteiger partial charge on any atom is 0.0661 e. The van der Waals surface area contributed by atoms with Crippen LogP contribution in [0.1, 0.15) is 32.1 Å². The highest BCUT2D eigenvalue weighted by Gasteiger charge is 2.47. The lowest BCUT2D eigenvalue weighted by Crippen LogP contribution is -2.20. The highest BCUT2D eigenvalue weighted by molar-refractivity contribution is 5.05. The van der Waals surface area contributed by atoms with Gasteiger partial charge in [0.2, 0.25) is 0 Å². The molecule has 0 aromatic carbocycles. The highest BCUT2D eigenvalue weighted by atomic mass is 14.5. The Morgan fingerprint density at radius 1 is 1.15 bits per heavy atom. The zero-order valence-electron chi connectivity index (χ0n) is 7.74. The lowest BCUT2D eigenvalue weighted by molar-refractivity contribution is 0.259. The first kappa shape index (κ1) is 8.57. The molecule has 2 heteroatoms. The first-order chi connectivity index (χ1) is 6.36. The summed E-state index contributed by atoms with van der Waals surface area (Å²) in [6.45, 7) is 0. The van der Waals surface area contributed by atoms with Crippen LogP contribution in [-0.2, 0) is 0 Å². The van der Waals surface area contributed by atoms with E-state index < -0.39 is 0 Å². The summed E-state index contributed by atoms with van der Waals surface area (Å²) in [5, 5.41) is 17.5. The third-order valence-electron chi connectivity index (χ3n) is 3.83. The number of hydrogen-bond donors (Lipinski definition) is 0. The van der Waals surface area contributed by atoms with Crippen molar-refractivity contribution in [1.82, 2.24) is 0 Å². The Labute approximate surface area is 79.2 Å². The maximum atomic E-state index is 9.02. The van der Waals surface area contributed by atoms with Gasteiger partial charge in [-0.1, -0.05) is 0 Å². The summed E-state index contributed by atoms with van der Waals surface area (Å²) in [6.07, 6.45) is 5.40. The molecule has 0 spiro atoms. The van der Waals surface area contributed by atoms with Crippen LogP contribution in [0.5, 0.6) is 0 Å². The zero-order valence-corrected chi connectivity index (χ0v) is 7.74. The standard InChI is InChI=1S/C11H14N2/c12-5-1-2-10-8-3-4-9(6-8)11(10)7-13/h8-11H,1-4,6H2/t8-,9+,10-,11+/m0/s1. The van der Waals surface area contributed by atoms with Crippen molar-refractivity contribution < 1.29 is 0 Å². The van der Waals surface area contributed by atoms with E-state index in [0.29, 0.717) is 18.3 Å². The Kier molecular flexibility index (Phi) is 2.23. The number of nitriles is 2. The molecule has 2 rings (SSSR count). The van der Waals surface area contributed by atoms with Crippen LogP contribution in [0.4, 0.5) is 0 Å². The average Bonchev–Trinajstić information content (AvgIpc) is 2.73. The van der Waals surface area contributed by atoms with Crippen molar-refractivity contribution in [3.63, 3.8) is 0 Å². The number of fused-ring (bicyclic) bond motifs is 2. The van der Waals surface area contributed by atoms with Gasteiger partial charge < -0.3 is 0 Å². The molecule has 2 aliphatic carbocycles. The molecule has 0 unspecified atom stereocenters. The van der Waals surface area contributed by atoms with Crippen LogP contribution in [-0.4, -0.2) is 0 Å². The van der Waals surface area contributed by atoms with Gasteiger partial charge in [-0.05, 0) is 43.4 Å². The largest absolute Gasteiger partial charge is 0.198 e. The first-order valence-corrected chi connectivity index (χ1v) is 5.13. The van der Waals surface area contributed by atoms with Crippen molar-refractivity contribution in [1.29, 1.82) is 10.5 Å². The topological polar surface area (TPSA) is 47.6 Å². The molecule has 0 amide bonds. The summed E-state index contributed by atoms with van der Waals surface area (Å²) >= 11 is 0. The lowest BCUT2D eigenvalue weighted by Gasteiger charge is -2.25. The molecule has 0 N–H and O–H groups in total. The minimum absolute atomic E-state index is 0.270. The van der Waals surface area contributed by atoms with Gasteiger partial charge in [0.1, 0.15) is 0 Å². The van der Waals surface area contributed by atoms with Gasteiger partial charge in [-0.15, -0.1) is 0 Å². The van der Waals surface area contributed by atoms with E-state index in [1.807, 2.05) is 0 Å². The summed E-state index contributed by atoms with van der Waals surface area (Å²) < 4.78 is 0. The van der Waals surface area contributed by atoms with E-state index in [9.17, 15) is 0 Å². The Morgan fingerprint density at radius 3 is 2.62 bits per heavy atom. The number of hydrogen-bond acceptors (Lipinski definition) is 2. The van der Waals surface area contributed by atoms with E-state index in [1.165, 1.54) is 19.3 Å². The van der Waals surface area contributed by atoms with Gasteiger partial charge in [-0.25, -0.2) is 0 Å². The molecular formula is C11H14N2. The van der Waals surface area contributed by atoms with E-state index >= 15 is 0 Å². The van der Waals surface area contributed by atoms with E-state index in [1.54, 1.807) is 0 Å². The minimum Gasteiger partial charge on any atom is -0.198 e. The third kappa shape index (κ3) is 1.31. The van der Waals surface area contributed by atoms with E-state index in [0.717, 1.165) is 12.3 Å². The Balaban J connectivity index is 2.02. The van der Waals surface area contributed by atoms with Crippen molar-refractivity contribution in [3.8, 4) is 12.1 Å². The smallest absolute Gasteiger partial charge is 0.0661 e. The summed E-state index contributed by atoms with van der Waals surface area (Å²) in [6, 6.07) is 4.63. The molecule has 0 aliphatic heterocycles. The Hall–Kier alpha value is -1.02. The Morgan fingerprint density at radius 2 is 1.92 bits per heavy atom. The van der Waals surface area contributed by atoms with Gasteiger partial charge in [0.25, 0.3) is 0 Å². The van der Waals surface area contributed by atoms with E-state index in [-0.39, 0.29) is 5.92 Å². The predicted octanol–water partition coefficient (Wildman–Crippen LogP) is 2.48. The normalized spacial score (nSPS) is 41.4. The zero-order chi connectivity index (χ0) is 9.26. The van der Waals surface area contributed by atoms with Gasteiger partial charge in [0.05, 0.1) is 18.1 Å². The van der Waals surface area contributed by atoms with Crippen LogP contribution in [0.15, 0.2) is 0 Å². The van der Waals surface area contributed by atoms with Crippen LogP contribution in [0.25, 0.3) is 0 Å². The van der Waals surface area contributed by atoms with Gasteiger partial charge >= 0.3 is 0 Å². The fraction of sp³-hybridized carbons (Fsp3) is 0.818. The third-order valence-corrected chi connectivity index (χ3v) is 3.83. The molecule has 0 aromatic rings. The molecule has 68 valence electrons. The minimum atomic E-state index is 0.270. The van der Waals surface area contributed by atoms with Gasteiger partial charge in [0.15, 0.2) is 0 Å². The molecule has 0 saturated heterocycles. The summed E-state index contributed by atoms with van der Waals surface area (Å²) in [7, 11) is 0. The number of rotatable bonds is 2. The summed E-state index contributed by atoms with van der Waals surface area (Å²) in [5.74, 6) is 2.25. The lowest BCUT2D eigenvalue weighted by atomic mass is 9.78. The molecule has 4 atom stereocenters. The van der Waals surface area contributed by atoms with Crippen LogP contribution in [0, 0.1) is 46.3 Å². The monoisotopic (exact) mass is 174 g/mol. The van der Waals surface area contributed by atoms with E-state index in [2.05, 4.69) is 12.1 Å². The van der Waals surface area contributed by atoms with Crippen LogP contribution < -0.4 is 0 Å². The molecular weight excluding hydrogens is 160 g/mol. The van der Waals surface area contributed by atoms with Crippen molar-refractivity contribution in [2.75, 3.05) is 0 Å². The van der Waals surface area contributed by atoms with Crippen molar-refractivity contribution in [3.05, 3.63) is 0 Å². The average molecular weight is 174 g/mol. The van der Waals surface area contributed by atoms with Crippen LogP contribution >= 0.6 is 0 Å². The SMILES string of the molecule is N#CCC[C@H]1[C@H]2CC[C@H](C2)[C@H]1C#N. The fourth-order valence-electron chi connectivity index (χ4n) is 3.26. The van der Waals surface area contributed by atoms with Gasteiger partial charge in [-0.2, -0.15) is 10.5 Å². The number of nitrogens with zero attached hydrogens (tertiary/aromatic N) is 2. The second-order valence-electron chi connectivity index (χ2n) is 4.35. The molecule has 13 heavy (non-hydrogen) atoms. The van der Waals surface area contributed by atoms with Crippen molar-refractivity contribution in [2.24, 2.45) is 23.7 Å². The van der Waals surface area contributed by atoms with Crippen LogP contribution in [0.2, 0.25) is 0 Å². The molecule has 2 fully saturated rings. The highest BCUT2D eigenvalue weighted by Crippen LogP contribution is 2.53. The molecule has 2 nitrogen and oxygen atoms in total. The van der Waals surface area contributed by atoms with Crippen LogP contribution in [0.3, 0.4) is 0 Å². The first-order valence-electron chi connectivity index (χ1n) is 5.13. The Bertz CT molecular complexity index is 271.